The number of carbonyl (C=O) groups is 1. The van der Waals surface area contributed by atoms with Crippen LogP contribution in [-0.4, -0.2) is 25.2 Å². The highest BCUT2D eigenvalue weighted by Crippen LogP contribution is 2.27. The van der Waals surface area contributed by atoms with E-state index in [1.165, 1.54) is 12.8 Å². The Balaban J connectivity index is 2.01. The summed E-state index contributed by atoms with van der Waals surface area (Å²) in [7, 11) is 0. The number of carbonyl (C=O) groups excluding carboxylic acids is 1. The molecule has 3 nitrogen and oxygen atoms in total. The average Bonchev–Trinajstić information content (AvgIpc) is 2.08. The fourth-order valence-corrected chi connectivity index (χ4v) is 1.68. The Morgan fingerprint density at radius 1 is 1.38 bits per heavy atom. The zero-order valence-electron chi connectivity index (χ0n) is 10.8. The first-order valence-corrected chi connectivity index (χ1v) is 6.50. The number of nitrogens with one attached hydrogen (secondary N) is 1. The summed E-state index contributed by atoms with van der Waals surface area (Å²) in [5.41, 5.74) is 0. The van der Waals surface area contributed by atoms with Crippen LogP contribution in [0.1, 0.15) is 46.5 Å². The summed E-state index contributed by atoms with van der Waals surface area (Å²) >= 11 is 0. The summed E-state index contributed by atoms with van der Waals surface area (Å²) in [5.74, 6) is 0.919. The molecule has 0 spiro atoms. The second-order valence-electron chi connectivity index (χ2n) is 5.26. The van der Waals surface area contributed by atoms with Crippen LogP contribution in [0, 0.1) is 11.8 Å². The molecule has 0 bridgehead atoms. The Kier molecular flexibility index (Phi) is 5.81. The lowest BCUT2D eigenvalue weighted by molar-refractivity contribution is -0.155. The Hall–Kier alpha value is -0.570. The van der Waals surface area contributed by atoms with Gasteiger partial charge in [-0.25, -0.2) is 0 Å². The molecule has 1 aliphatic rings. The van der Waals surface area contributed by atoms with Gasteiger partial charge in [0.15, 0.2) is 0 Å². The second kappa shape index (κ2) is 6.89. The minimum Gasteiger partial charge on any atom is -0.461 e. The van der Waals surface area contributed by atoms with Gasteiger partial charge in [-0.2, -0.15) is 0 Å². The molecule has 1 atom stereocenters. The van der Waals surface area contributed by atoms with E-state index in [1.807, 2.05) is 6.92 Å². The van der Waals surface area contributed by atoms with Crippen molar-refractivity contribution in [2.75, 3.05) is 13.1 Å². The first-order valence-electron chi connectivity index (χ1n) is 6.50. The summed E-state index contributed by atoms with van der Waals surface area (Å²) in [6, 6.07) is 0. The van der Waals surface area contributed by atoms with Crippen LogP contribution < -0.4 is 5.32 Å². The van der Waals surface area contributed by atoms with Gasteiger partial charge in [0.05, 0.1) is 5.92 Å². The molecule has 0 aromatic heterocycles. The van der Waals surface area contributed by atoms with Crippen molar-refractivity contribution in [2.45, 2.75) is 52.6 Å². The highest BCUT2D eigenvalue weighted by molar-refractivity contribution is 5.73. The summed E-state index contributed by atoms with van der Waals surface area (Å²) in [6.07, 6.45) is 4.39. The van der Waals surface area contributed by atoms with E-state index < -0.39 is 0 Å². The van der Waals surface area contributed by atoms with Crippen molar-refractivity contribution in [3.63, 3.8) is 0 Å². The molecule has 94 valence electrons. The largest absolute Gasteiger partial charge is 0.461 e. The van der Waals surface area contributed by atoms with Gasteiger partial charge < -0.3 is 10.1 Å². The Morgan fingerprint density at radius 3 is 2.56 bits per heavy atom. The summed E-state index contributed by atoms with van der Waals surface area (Å²) in [5, 5.41) is 3.32. The molecular weight excluding hydrogens is 202 g/mol. The SMILES string of the molecule is CC(C)CCNCC(C)OC(=O)C1CCC1. The number of esters is 1. The maximum Gasteiger partial charge on any atom is 0.309 e. The van der Waals surface area contributed by atoms with Crippen LogP contribution >= 0.6 is 0 Å². The van der Waals surface area contributed by atoms with Gasteiger partial charge in [0.2, 0.25) is 0 Å². The van der Waals surface area contributed by atoms with Gasteiger partial charge in [-0.15, -0.1) is 0 Å². The topological polar surface area (TPSA) is 38.3 Å². The Labute approximate surface area is 98.9 Å². The normalized spacial score (nSPS) is 18.2. The van der Waals surface area contributed by atoms with E-state index in [0.29, 0.717) is 0 Å². The van der Waals surface area contributed by atoms with Gasteiger partial charge in [0, 0.05) is 6.54 Å². The van der Waals surface area contributed by atoms with Crippen LogP contribution in [-0.2, 0) is 9.53 Å². The predicted octanol–water partition coefficient (Wildman–Crippen LogP) is 2.35. The van der Waals surface area contributed by atoms with E-state index >= 15 is 0 Å². The molecule has 1 fully saturated rings. The molecule has 16 heavy (non-hydrogen) atoms. The zero-order chi connectivity index (χ0) is 12.0. The van der Waals surface area contributed by atoms with E-state index in [1.54, 1.807) is 0 Å². The molecule has 1 aliphatic carbocycles. The minimum absolute atomic E-state index is 0.000243. The van der Waals surface area contributed by atoms with Gasteiger partial charge in [0.25, 0.3) is 0 Å². The summed E-state index contributed by atoms with van der Waals surface area (Å²) in [6.45, 7) is 8.15. The van der Waals surface area contributed by atoms with Crippen LogP contribution in [0.25, 0.3) is 0 Å². The standard InChI is InChI=1S/C13H25NO2/c1-10(2)7-8-14-9-11(3)16-13(15)12-5-4-6-12/h10-12,14H,4-9H2,1-3H3. The fourth-order valence-electron chi connectivity index (χ4n) is 1.68. The number of rotatable bonds is 7. The van der Waals surface area contributed by atoms with Crippen LogP contribution in [0.5, 0.6) is 0 Å². The van der Waals surface area contributed by atoms with Crippen LogP contribution in [0.4, 0.5) is 0 Å². The van der Waals surface area contributed by atoms with Gasteiger partial charge >= 0.3 is 5.97 Å². The van der Waals surface area contributed by atoms with E-state index in [9.17, 15) is 4.79 Å². The first-order chi connectivity index (χ1) is 7.59. The molecule has 0 amide bonds. The number of hydrogen-bond acceptors (Lipinski definition) is 3. The molecule has 1 saturated carbocycles. The molecule has 0 aliphatic heterocycles. The van der Waals surface area contributed by atoms with Crippen molar-refractivity contribution in [3.8, 4) is 0 Å². The molecule has 3 heteroatoms. The lowest BCUT2D eigenvalue weighted by atomic mass is 9.86. The third kappa shape index (κ3) is 4.97. The lowest BCUT2D eigenvalue weighted by Crippen LogP contribution is -2.33. The Bertz CT molecular complexity index is 212. The van der Waals surface area contributed by atoms with Gasteiger partial charge in [0.1, 0.15) is 6.10 Å². The molecule has 0 radical (unpaired) electrons. The summed E-state index contributed by atoms with van der Waals surface area (Å²) < 4.78 is 5.36. The first kappa shape index (κ1) is 13.5. The van der Waals surface area contributed by atoms with E-state index in [2.05, 4.69) is 19.2 Å². The predicted molar refractivity (Wildman–Crippen MR) is 65.2 cm³/mol. The number of ether oxygens (including phenoxy) is 1. The Morgan fingerprint density at radius 2 is 2.06 bits per heavy atom. The van der Waals surface area contributed by atoms with Crippen molar-refractivity contribution in [1.29, 1.82) is 0 Å². The highest BCUT2D eigenvalue weighted by atomic mass is 16.5. The van der Waals surface area contributed by atoms with E-state index in [-0.39, 0.29) is 18.0 Å². The molecular formula is C13H25NO2. The molecule has 0 aromatic rings. The van der Waals surface area contributed by atoms with Crippen molar-refractivity contribution < 1.29 is 9.53 Å². The van der Waals surface area contributed by atoms with Gasteiger partial charge in [-0.1, -0.05) is 20.3 Å². The maximum atomic E-state index is 11.5. The van der Waals surface area contributed by atoms with Crippen molar-refractivity contribution in [1.82, 2.24) is 5.32 Å². The fraction of sp³-hybridized carbons (Fsp3) is 0.923. The van der Waals surface area contributed by atoms with Crippen molar-refractivity contribution >= 4 is 5.97 Å². The van der Waals surface area contributed by atoms with Crippen LogP contribution in [0.3, 0.4) is 0 Å². The zero-order valence-corrected chi connectivity index (χ0v) is 10.8. The summed E-state index contributed by atoms with van der Waals surface area (Å²) in [4.78, 5) is 11.5. The van der Waals surface area contributed by atoms with Crippen LogP contribution in [0.15, 0.2) is 0 Å². The van der Waals surface area contributed by atoms with E-state index in [4.69, 9.17) is 4.74 Å². The highest BCUT2D eigenvalue weighted by Gasteiger charge is 2.27. The van der Waals surface area contributed by atoms with Gasteiger partial charge in [-0.05, 0) is 38.6 Å². The second-order valence-corrected chi connectivity index (χ2v) is 5.26. The molecule has 0 heterocycles. The monoisotopic (exact) mass is 227 g/mol. The molecule has 1 unspecified atom stereocenters. The minimum atomic E-state index is 0.000243. The molecule has 1 N–H and O–H groups in total. The van der Waals surface area contributed by atoms with Gasteiger partial charge in [-0.3, -0.25) is 4.79 Å². The molecule has 0 saturated heterocycles. The molecule has 1 rings (SSSR count). The van der Waals surface area contributed by atoms with Crippen molar-refractivity contribution in [2.24, 2.45) is 11.8 Å². The van der Waals surface area contributed by atoms with Crippen LogP contribution in [0.2, 0.25) is 0 Å². The average molecular weight is 227 g/mol. The van der Waals surface area contributed by atoms with Crippen molar-refractivity contribution in [3.05, 3.63) is 0 Å². The smallest absolute Gasteiger partial charge is 0.309 e. The maximum absolute atomic E-state index is 11.5. The van der Waals surface area contributed by atoms with E-state index in [0.717, 1.165) is 31.8 Å². The third-order valence-electron chi connectivity index (χ3n) is 3.09. The quantitative estimate of drug-likeness (QED) is 0.536. The third-order valence-corrected chi connectivity index (χ3v) is 3.09. The lowest BCUT2D eigenvalue weighted by Gasteiger charge is -2.25. The number of hydrogen-bond donors (Lipinski definition) is 1. The molecule has 0 aromatic carbocycles.